The third-order valence-corrected chi connectivity index (χ3v) is 7.92. The summed E-state index contributed by atoms with van der Waals surface area (Å²) in [5, 5.41) is 14.4. The maximum absolute atomic E-state index is 4.93. The first-order chi connectivity index (χ1) is 17.8. The molecule has 0 fully saturated rings. The zero-order valence-corrected chi connectivity index (χ0v) is 21.3. The van der Waals surface area contributed by atoms with Gasteiger partial charge in [-0.3, -0.25) is 0 Å². The Balaban J connectivity index is 1.33. The fraction of sp³-hybridized carbons (Fsp3) is 0.103. The zero-order valence-electron chi connectivity index (χ0n) is 19.7. The minimum absolute atomic E-state index is 0.744. The number of para-hydroxylation sites is 1. The zero-order chi connectivity index (χ0) is 24.3. The summed E-state index contributed by atoms with van der Waals surface area (Å²) in [6, 6.07) is 30.9. The van der Waals surface area contributed by atoms with Crippen LogP contribution in [0, 0.1) is 0 Å². The summed E-state index contributed by atoms with van der Waals surface area (Å²) in [6.45, 7) is 2.91. The van der Waals surface area contributed by atoms with E-state index in [0.717, 1.165) is 67.3 Å². The normalized spacial score (nSPS) is 11.2. The summed E-state index contributed by atoms with van der Waals surface area (Å²) in [5.41, 5.74) is 6.21. The molecule has 0 N–H and O–H groups in total. The van der Waals surface area contributed by atoms with E-state index in [1.165, 1.54) is 0 Å². The largest absolute Gasteiger partial charge is 0.302 e. The van der Waals surface area contributed by atoms with Gasteiger partial charge in [-0.25, -0.2) is 9.97 Å². The first kappa shape index (κ1) is 22.6. The van der Waals surface area contributed by atoms with Crippen molar-refractivity contribution in [2.24, 2.45) is 0 Å². The highest BCUT2D eigenvalue weighted by Gasteiger charge is 2.18. The van der Waals surface area contributed by atoms with Crippen LogP contribution in [0.2, 0.25) is 0 Å². The summed E-state index contributed by atoms with van der Waals surface area (Å²) < 4.78 is 2.19. The van der Waals surface area contributed by atoms with Gasteiger partial charge in [-0.05, 0) is 19.1 Å². The Morgan fingerprint density at radius 1 is 0.806 bits per heavy atom. The molecule has 0 aliphatic carbocycles. The molecule has 0 saturated carbocycles. The monoisotopic (exact) mass is 505 g/mol. The molecule has 5 nitrogen and oxygen atoms in total. The fourth-order valence-electron chi connectivity index (χ4n) is 4.22. The van der Waals surface area contributed by atoms with Crippen molar-refractivity contribution in [3.8, 4) is 33.2 Å². The molecule has 0 unspecified atom stereocenters. The van der Waals surface area contributed by atoms with Crippen LogP contribution in [0.15, 0.2) is 102 Å². The predicted molar refractivity (Wildman–Crippen MR) is 149 cm³/mol. The van der Waals surface area contributed by atoms with Crippen LogP contribution < -0.4 is 0 Å². The van der Waals surface area contributed by atoms with E-state index in [0.29, 0.717) is 0 Å². The molecule has 7 heteroatoms. The molecule has 0 aliphatic rings. The number of rotatable bonds is 7. The Labute approximate surface area is 217 Å². The summed E-state index contributed by atoms with van der Waals surface area (Å²) in [6.07, 6.45) is 0. The van der Waals surface area contributed by atoms with Gasteiger partial charge in [0.15, 0.2) is 11.0 Å². The number of nitrogens with zero attached hydrogens (tertiary/aromatic N) is 5. The molecule has 6 aromatic rings. The lowest BCUT2D eigenvalue weighted by Crippen LogP contribution is -2.01. The van der Waals surface area contributed by atoms with Gasteiger partial charge in [0, 0.05) is 39.8 Å². The first-order valence-electron chi connectivity index (χ1n) is 11.8. The minimum atomic E-state index is 0.744. The number of thiazole rings is 1. The van der Waals surface area contributed by atoms with Crippen LogP contribution in [-0.4, -0.2) is 24.7 Å². The number of hydrogen-bond acceptors (Lipinski definition) is 6. The number of benzene rings is 3. The highest BCUT2D eigenvalue weighted by Crippen LogP contribution is 2.34. The molecule has 0 saturated heterocycles. The van der Waals surface area contributed by atoms with E-state index in [4.69, 9.17) is 9.97 Å². The van der Waals surface area contributed by atoms with Crippen molar-refractivity contribution in [2.75, 3.05) is 0 Å². The maximum atomic E-state index is 4.93. The van der Waals surface area contributed by atoms with Crippen molar-refractivity contribution in [1.29, 1.82) is 0 Å². The quantitative estimate of drug-likeness (QED) is 0.209. The molecule has 176 valence electrons. The first-order valence-corrected chi connectivity index (χ1v) is 13.7. The fourth-order valence-corrected chi connectivity index (χ4v) is 6.05. The average molecular weight is 506 g/mol. The molecular formula is C29H23N5S2. The van der Waals surface area contributed by atoms with Gasteiger partial charge >= 0.3 is 0 Å². The molecule has 0 amide bonds. The molecular weight excluding hydrogens is 482 g/mol. The number of thioether (sulfide) groups is 1. The van der Waals surface area contributed by atoms with Crippen molar-refractivity contribution in [2.45, 2.75) is 24.4 Å². The van der Waals surface area contributed by atoms with Crippen LogP contribution >= 0.6 is 23.1 Å². The maximum Gasteiger partial charge on any atom is 0.191 e. The Morgan fingerprint density at radius 3 is 2.31 bits per heavy atom. The molecule has 0 spiro atoms. The Bertz CT molecular complexity index is 1620. The molecule has 3 aromatic carbocycles. The molecule has 3 heterocycles. The SMILES string of the molecule is CCn1c(SCc2csc(-c3ccccc3)n2)nnc1-c1cc(-c2ccccc2)nc2ccccc12. The lowest BCUT2D eigenvalue weighted by Gasteiger charge is -2.11. The molecule has 0 atom stereocenters. The van der Waals surface area contributed by atoms with Gasteiger partial charge in [-0.2, -0.15) is 0 Å². The Hall–Kier alpha value is -3.81. The second-order valence-electron chi connectivity index (χ2n) is 8.29. The summed E-state index contributed by atoms with van der Waals surface area (Å²) in [4.78, 5) is 9.76. The summed E-state index contributed by atoms with van der Waals surface area (Å²) in [5.74, 6) is 1.60. The van der Waals surface area contributed by atoms with E-state index in [2.05, 4.69) is 69.5 Å². The van der Waals surface area contributed by atoms with Crippen LogP contribution in [0.3, 0.4) is 0 Å². The van der Waals surface area contributed by atoms with Crippen molar-refractivity contribution in [3.05, 3.63) is 102 Å². The lowest BCUT2D eigenvalue weighted by atomic mass is 10.0. The van der Waals surface area contributed by atoms with Crippen LogP contribution in [0.1, 0.15) is 12.6 Å². The highest BCUT2D eigenvalue weighted by atomic mass is 32.2. The number of pyridine rings is 1. The van der Waals surface area contributed by atoms with Gasteiger partial charge in [0.25, 0.3) is 0 Å². The molecule has 0 aliphatic heterocycles. The van der Waals surface area contributed by atoms with E-state index in [-0.39, 0.29) is 0 Å². The molecule has 0 bridgehead atoms. The molecule has 6 rings (SSSR count). The van der Waals surface area contributed by atoms with E-state index in [1.807, 2.05) is 48.5 Å². The molecule has 36 heavy (non-hydrogen) atoms. The van der Waals surface area contributed by atoms with Gasteiger partial charge in [-0.15, -0.1) is 21.5 Å². The van der Waals surface area contributed by atoms with E-state index < -0.39 is 0 Å². The van der Waals surface area contributed by atoms with Gasteiger partial charge in [0.05, 0.1) is 16.9 Å². The minimum Gasteiger partial charge on any atom is -0.302 e. The summed E-state index contributed by atoms with van der Waals surface area (Å²) in [7, 11) is 0. The van der Waals surface area contributed by atoms with Gasteiger partial charge in [0.1, 0.15) is 5.01 Å². The van der Waals surface area contributed by atoms with Crippen LogP contribution in [0.5, 0.6) is 0 Å². The highest BCUT2D eigenvalue weighted by molar-refractivity contribution is 7.98. The van der Waals surface area contributed by atoms with Crippen molar-refractivity contribution >= 4 is 34.0 Å². The van der Waals surface area contributed by atoms with Gasteiger partial charge < -0.3 is 4.57 Å². The third-order valence-electron chi connectivity index (χ3n) is 5.98. The standard InChI is InChI=1S/C29H23N5S2/c1-2-34-27(24-17-26(20-11-5-3-6-12-20)31-25-16-10-9-15-23(24)25)32-33-29(34)36-19-22-18-35-28(30-22)21-13-7-4-8-14-21/h3-18H,2,19H2,1H3. The van der Waals surface area contributed by atoms with Gasteiger partial charge in [0.2, 0.25) is 0 Å². The molecule has 0 radical (unpaired) electrons. The van der Waals surface area contributed by atoms with Gasteiger partial charge in [-0.1, -0.05) is 90.6 Å². The van der Waals surface area contributed by atoms with E-state index in [9.17, 15) is 0 Å². The smallest absolute Gasteiger partial charge is 0.191 e. The number of aromatic nitrogens is 5. The summed E-state index contributed by atoms with van der Waals surface area (Å²) >= 11 is 3.35. The van der Waals surface area contributed by atoms with Crippen LogP contribution in [0.25, 0.3) is 44.1 Å². The lowest BCUT2D eigenvalue weighted by molar-refractivity contribution is 0.687. The molecule has 3 aromatic heterocycles. The van der Waals surface area contributed by atoms with Crippen molar-refractivity contribution < 1.29 is 0 Å². The second kappa shape index (κ2) is 10.0. The number of hydrogen-bond donors (Lipinski definition) is 0. The predicted octanol–water partition coefficient (Wildman–Crippen LogP) is 7.60. The van der Waals surface area contributed by atoms with Crippen molar-refractivity contribution in [3.63, 3.8) is 0 Å². The topological polar surface area (TPSA) is 56.5 Å². The van der Waals surface area contributed by atoms with Crippen molar-refractivity contribution in [1.82, 2.24) is 24.7 Å². The van der Waals surface area contributed by atoms with E-state index >= 15 is 0 Å². The van der Waals surface area contributed by atoms with E-state index in [1.54, 1.807) is 23.1 Å². The Morgan fingerprint density at radius 2 is 1.53 bits per heavy atom. The Kier molecular flexibility index (Phi) is 6.32. The van der Waals surface area contributed by atoms with Crippen LogP contribution in [-0.2, 0) is 12.3 Å². The number of fused-ring (bicyclic) bond motifs is 1. The average Bonchev–Trinajstić information content (AvgIpc) is 3.59. The van der Waals surface area contributed by atoms with Crippen LogP contribution in [0.4, 0.5) is 0 Å². The second-order valence-corrected chi connectivity index (χ2v) is 10.1. The third kappa shape index (κ3) is 4.43.